The van der Waals surface area contributed by atoms with E-state index < -0.39 is 0 Å². The minimum absolute atomic E-state index is 0.781. The highest BCUT2D eigenvalue weighted by molar-refractivity contribution is 8.03. The van der Waals surface area contributed by atoms with Gasteiger partial charge in [0, 0.05) is 23.0 Å². The second-order valence-electron chi connectivity index (χ2n) is 4.66. The lowest BCUT2D eigenvalue weighted by Crippen LogP contribution is -2.04. The molecule has 20 heavy (non-hydrogen) atoms. The van der Waals surface area contributed by atoms with Gasteiger partial charge in [0.1, 0.15) is 16.1 Å². The predicted octanol–water partition coefficient (Wildman–Crippen LogP) is 3.93. The number of hydrogen-bond acceptors (Lipinski definition) is 4. The van der Waals surface area contributed by atoms with Gasteiger partial charge in [0.15, 0.2) is 0 Å². The van der Waals surface area contributed by atoms with E-state index in [1.807, 2.05) is 35.0 Å². The Hall–Kier alpha value is -2.06. The van der Waals surface area contributed by atoms with Crippen molar-refractivity contribution in [1.29, 1.82) is 5.26 Å². The third kappa shape index (κ3) is 2.47. The Morgan fingerprint density at radius 3 is 2.75 bits per heavy atom. The van der Waals surface area contributed by atoms with Crippen molar-refractivity contribution in [2.24, 2.45) is 0 Å². The molecular formula is C15H14N4S. The minimum Gasteiger partial charge on any atom is -0.210 e. The molecule has 0 bridgehead atoms. The molecule has 0 spiro atoms. The molecule has 5 heteroatoms. The fourth-order valence-electron chi connectivity index (χ4n) is 2.39. The van der Waals surface area contributed by atoms with Crippen LogP contribution < -0.4 is 0 Å². The third-order valence-electron chi connectivity index (χ3n) is 3.36. The molecule has 0 radical (unpaired) electrons. The SMILES string of the molecule is N#CSc1c(-c2ccccc2)nnn1C1=CCCCC1. The van der Waals surface area contributed by atoms with Crippen LogP contribution >= 0.6 is 11.8 Å². The van der Waals surface area contributed by atoms with Crippen molar-refractivity contribution in [2.75, 3.05) is 0 Å². The smallest absolute Gasteiger partial charge is 0.142 e. The Bertz CT molecular complexity index is 667. The van der Waals surface area contributed by atoms with Gasteiger partial charge in [-0.1, -0.05) is 41.6 Å². The van der Waals surface area contributed by atoms with Crippen molar-refractivity contribution < 1.29 is 0 Å². The van der Waals surface area contributed by atoms with Gasteiger partial charge in [0.2, 0.25) is 0 Å². The zero-order chi connectivity index (χ0) is 13.8. The van der Waals surface area contributed by atoms with E-state index in [-0.39, 0.29) is 0 Å². The van der Waals surface area contributed by atoms with E-state index >= 15 is 0 Å². The standard InChI is InChI=1S/C15H14N4S/c16-11-20-15-14(12-7-3-1-4-8-12)17-18-19(15)13-9-5-2-6-10-13/h1,3-4,7-9H,2,5-6,10H2. The van der Waals surface area contributed by atoms with Crippen LogP contribution in [0.25, 0.3) is 17.0 Å². The summed E-state index contributed by atoms with van der Waals surface area (Å²) >= 11 is 1.13. The number of thiocyanates is 1. The predicted molar refractivity (Wildman–Crippen MR) is 79.7 cm³/mol. The van der Waals surface area contributed by atoms with Gasteiger partial charge in [-0.25, -0.2) is 4.68 Å². The number of benzene rings is 1. The number of rotatable bonds is 3. The molecule has 0 aliphatic heterocycles. The third-order valence-corrected chi connectivity index (χ3v) is 4.01. The number of nitriles is 1. The van der Waals surface area contributed by atoms with E-state index in [1.165, 1.54) is 12.8 Å². The largest absolute Gasteiger partial charge is 0.210 e. The first-order valence-corrected chi connectivity index (χ1v) is 7.48. The van der Waals surface area contributed by atoms with Gasteiger partial charge in [-0.2, -0.15) is 5.26 Å². The molecule has 100 valence electrons. The molecule has 1 aromatic heterocycles. The van der Waals surface area contributed by atoms with Crippen molar-refractivity contribution in [3.8, 4) is 16.7 Å². The van der Waals surface area contributed by atoms with Crippen LogP contribution in [0.15, 0.2) is 41.4 Å². The second kappa shape index (κ2) is 5.93. The normalized spacial score (nSPS) is 14.7. The van der Waals surface area contributed by atoms with E-state index in [1.54, 1.807) is 0 Å². The molecule has 1 aliphatic rings. The van der Waals surface area contributed by atoms with Crippen LogP contribution in [0.2, 0.25) is 0 Å². The van der Waals surface area contributed by atoms with Gasteiger partial charge in [0.05, 0.1) is 0 Å². The topological polar surface area (TPSA) is 54.5 Å². The van der Waals surface area contributed by atoms with Gasteiger partial charge in [-0.3, -0.25) is 0 Å². The number of thioether (sulfide) groups is 1. The highest BCUT2D eigenvalue weighted by atomic mass is 32.2. The molecule has 3 rings (SSSR count). The highest BCUT2D eigenvalue weighted by Gasteiger charge is 2.18. The Morgan fingerprint density at radius 2 is 2.05 bits per heavy atom. The first-order chi connectivity index (χ1) is 9.90. The molecule has 0 atom stereocenters. The van der Waals surface area contributed by atoms with Crippen LogP contribution in [0, 0.1) is 10.7 Å². The zero-order valence-corrected chi connectivity index (χ0v) is 11.8. The molecule has 0 saturated carbocycles. The van der Waals surface area contributed by atoms with Crippen LogP contribution in [0.1, 0.15) is 25.7 Å². The van der Waals surface area contributed by atoms with Gasteiger partial charge in [-0.05, 0) is 25.7 Å². The molecule has 0 saturated heterocycles. The minimum atomic E-state index is 0.781. The average molecular weight is 282 g/mol. The Kier molecular flexibility index (Phi) is 3.84. The van der Waals surface area contributed by atoms with E-state index in [0.717, 1.165) is 46.6 Å². The lowest BCUT2D eigenvalue weighted by molar-refractivity contribution is 0.668. The second-order valence-corrected chi connectivity index (χ2v) is 5.43. The molecule has 2 aromatic rings. The Morgan fingerprint density at radius 1 is 1.20 bits per heavy atom. The first kappa shape index (κ1) is 12.9. The summed E-state index contributed by atoms with van der Waals surface area (Å²) < 4.78 is 1.83. The summed E-state index contributed by atoms with van der Waals surface area (Å²) in [6.45, 7) is 0. The summed E-state index contributed by atoms with van der Waals surface area (Å²) in [5.41, 5.74) is 2.93. The van der Waals surface area contributed by atoms with Crippen molar-refractivity contribution in [3.63, 3.8) is 0 Å². The van der Waals surface area contributed by atoms with Gasteiger partial charge in [0.25, 0.3) is 0 Å². The molecule has 1 aliphatic carbocycles. The number of aromatic nitrogens is 3. The first-order valence-electron chi connectivity index (χ1n) is 6.66. The summed E-state index contributed by atoms with van der Waals surface area (Å²) in [6, 6.07) is 9.88. The quantitative estimate of drug-likeness (QED) is 0.632. The molecule has 0 N–H and O–H groups in total. The van der Waals surface area contributed by atoms with Crippen molar-refractivity contribution in [2.45, 2.75) is 30.7 Å². The summed E-state index contributed by atoms with van der Waals surface area (Å²) in [5.74, 6) is 0. The Labute approximate surface area is 122 Å². The maximum atomic E-state index is 9.06. The summed E-state index contributed by atoms with van der Waals surface area (Å²) in [6.07, 6.45) is 6.67. The van der Waals surface area contributed by atoms with Crippen LogP contribution in [0.5, 0.6) is 0 Å². The van der Waals surface area contributed by atoms with E-state index in [0.29, 0.717) is 0 Å². The summed E-state index contributed by atoms with van der Waals surface area (Å²) in [4.78, 5) is 0. The monoisotopic (exact) mass is 282 g/mol. The van der Waals surface area contributed by atoms with Crippen molar-refractivity contribution >= 4 is 17.5 Å². The molecule has 0 unspecified atom stereocenters. The van der Waals surface area contributed by atoms with Gasteiger partial charge in [-0.15, -0.1) is 5.10 Å². The molecule has 1 aromatic carbocycles. The maximum absolute atomic E-state index is 9.06. The molecule has 4 nitrogen and oxygen atoms in total. The van der Waals surface area contributed by atoms with Crippen LogP contribution in [-0.4, -0.2) is 15.0 Å². The maximum Gasteiger partial charge on any atom is 0.142 e. The highest BCUT2D eigenvalue weighted by Crippen LogP contribution is 2.32. The fraction of sp³-hybridized carbons (Fsp3) is 0.267. The molecular weight excluding hydrogens is 268 g/mol. The molecule has 0 fully saturated rings. The lowest BCUT2D eigenvalue weighted by Gasteiger charge is -2.13. The number of nitrogens with zero attached hydrogens (tertiary/aromatic N) is 4. The number of allylic oxidation sites excluding steroid dienone is 2. The summed E-state index contributed by atoms with van der Waals surface area (Å²) in [7, 11) is 0. The van der Waals surface area contributed by atoms with Crippen molar-refractivity contribution in [3.05, 3.63) is 36.4 Å². The molecule has 1 heterocycles. The Balaban J connectivity index is 2.07. The van der Waals surface area contributed by atoms with Crippen LogP contribution in [-0.2, 0) is 0 Å². The van der Waals surface area contributed by atoms with E-state index in [4.69, 9.17) is 5.26 Å². The fourth-order valence-corrected chi connectivity index (χ4v) is 2.97. The van der Waals surface area contributed by atoms with E-state index in [9.17, 15) is 0 Å². The lowest BCUT2D eigenvalue weighted by atomic mass is 10.1. The van der Waals surface area contributed by atoms with Crippen LogP contribution in [0.3, 0.4) is 0 Å². The summed E-state index contributed by atoms with van der Waals surface area (Å²) in [5, 5.41) is 20.6. The van der Waals surface area contributed by atoms with Crippen molar-refractivity contribution in [1.82, 2.24) is 15.0 Å². The average Bonchev–Trinajstić information content (AvgIpc) is 2.93. The van der Waals surface area contributed by atoms with Crippen LogP contribution in [0.4, 0.5) is 0 Å². The van der Waals surface area contributed by atoms with Gasteiger partial charge < -0.3 is 0 Å². The van der Waals surface area contributed by atoms with E-state index in [2.05, 4.69) is 21.8 Å². The zero-order valence-electron chi connectivity index (χ0n) is 11.0. The number of hydrogen-bond donors (Lipinski definition) is 0. The molecule has 0 amide bonds. The van der Waals surface area contributed by atoms with Gasteiger partial charge >= 0.3 is 0 Å².